The SMILES string of the molecule is COC(=O)c1ccc(CSc2nnc(-c3ccccc3Cl)n2N)o1. The van der Waals surface area contributed by atoms with Crippen LogP contribution in [0.25, 0.3) is 11.4 Å². The van der Waals surface area contributed by atoms with E-state index >= 15 is 0 Å². The van der Waals surface area contributed by atoms with Gasteiger partial charge in [0, 0.05) is 5.56 Å². The molecule has 124 valence electrons. The van der Waals surface area contributed by atoms with E-state index in [2.05, 4.69) is 14.9 Å². The zero-order chi connectivity index (χ0) is 17.1. The third-order valence-electron chi connectivity index (χ3n) is 3.17. The number of methoxy groups -OCH3 is 1. The van der Waals surface area contributed by atoms with Crippen LogP contribution in [0, 0.1) is 0 Å². The zero-order valence-corrected chi connectivity index (χ0v) is 14.2. The highest BCUT2D eigenvalue weighted by Gasteiger charge is 2.16. The van der Waals surface area contributed by atoms with Crippen molar-refractivity contribution in [1.82, 2.24) is 14.9 Å². The lowest BCUT2D eigenvalue weighted by molar-refractivity contribution is 0.0563. The number of carbonyl (C=O) groups is 1. The van der Waals surface area contributed by atoms with Gasteiger partial charge in [0.2, 0.25) is 10.9 Å². The van der Waals surface area contributed by atoms with E-state index in [4.69, 9.17) is 21.9 Å². The summed E-state index contributed by atoms with van der Waals surface area (Å²) in [5.41, 5.74) is 0.701. The Hall–Kier alpha value is -2.45. The molecule has 0 atom stereocenters. The highest BCUT2D eigenvalue weighted by Crippen LogP contribution is 2.28. The number of ether oxygens (including phenoxy) is 1. The molecule has 7 nitrogen and oxygen atoms in total. The number of nitrogen functional groups attached to an aromatic ring is 1. The topological polar surface area (TPSA) is 96.2 Å². The van der Waals surface area contributed by atoms with Crippen LogP contribution in [0.5, 0.6) is 0 Å². The second kappa shape index (κ2) is 6.98. The number of carbonyl (C=O) groups excluding carboxylic acids is 1. The quantitative estimate of drug-likeness (QED) is 0.422. The molecular formula is C15H13ClN4O3S. The Labute approximate surface area is 146 Å². The van der Waals surface area contributed by atoms with Gasteiger partial charge in [0.05, 0.1) is 17.9 Å². The molecule has 0 spiro atoms. The van der Waals surface area contributed by atoms with Crippen molar-refractivity contribution in [3.63, 3.8) is 0 Å². The third-order valence-corrected chi connectivity index (χ3v) is 4.47. The molecule has 2 heterocycles. The van der Waals surface area contributed by atoms with E-state index in [0.29, 0.717) is 33.1 Å². The smallest absolute Gasteiger partial charge is 0.373 e. The first-order chi connectivity index (χ1) is 11.6. The normalized spacial score (nSPS) is 10.8. The van der Waals surface area contributed by atoms with Gasteiger partial charge in [0.15, 0.2) is 5.82 Å². The molecule has 0 aliphatic rings. The second-order valence-corrected chi connectivity index (χ2v) is 6.05. The number of esters is 1. The minimum Gasteiger partial charge on any atom is -0.463 e. The highest BCUT2D eigenvalue weighted by atomic mass is 35.5. The lowest BCUT2D eigenvalue weighted by Gasteiger charge is -2.04. The minimum atomic E-state index is -0.519. The number of furan rings is 1. The van der Waals surface area contributed by atoms with Gasteiger partial charge in [-0.15, -0.1) is 10.2 Å². The van der Waals surface area contributed by atoms with Gasteiger partial charge in [-0.05, 0) is 24.3 Å². The zero-order valence-electron chi connectivity index (χ0n) is 12.6. The van der Waals surface area contributed by atoms with Crippen molar-refractivity contribution < 1.29 is 13.9 Å². The Bertz CT molecular complexity index is 877. The molecule has 2 N–H and O–H groups in total. The molecule has 2 aromatic heterocycles. The van der Waals surface area contributed by atoms with Crippen LogP contribution in [0.4, 0.5) is 0 Å². The number of aromatic nitrogens is 3. The number of hydrogen-bond donors (Lipinski definition) is 1. The fraction of sp³-hybridized carbons (Fsp3) is 0.133. The Kier molecular flexibility index (Phi) is 4.77. The van der Waals surface area contributed by atoms with Gasteiger partial charge < -0.3 is 15.0 Å². The van der Waals surface area contributed by atoms with Crippen LogP contribution in [0.15, 0.2) is 46.0 Å². The number of halogens is 1. The first-order valence-electron chi connectivity index (χ1n) is 6.85. The Balaban J connectivity index is 1.74. The number of thioether (sulfide) groups is 1. The molecule has 0 radical (unpaired) electrons. The molecule has 0 fully saturated rings. The summed E-state index contributed by atoms with van der Waals surface area (Å²) in [5.74, 6) is 7.19. The highest BCUT2D eigenvalue weighted by molar-refractivity contribution is 7.98. The molecular weight excluding hydrogens is 352 g/mol. The first kappa shape index (κ1) is 16.4. The predicted octanol–water partition coefficient (Wildman–Crippen LogP) is 2.98. The number of nitrogens with zero attached hydrogens (tertiary/aromatic N) is 3. The van der Waals surface area contributed by atoms with Gasteiger partial charge >= 0.3 is 5.97 Å². The Morgan fingerprint density at radius 2 is 2.12 bits per heavy atom. The van der Waals surface area contributed by atoms with Crippen molar-refractivity contribution in [3.8, 4) is 11.4 Å². The molecule has 0 bridgehead atoms. The van der Waals surface area contributed by atoms with Crippen LogP contribution in [0.3, 0.4) is 0 Å². The molecule has 3 aromatic rings. The van der Waals surface area contributed by atoms with Gasteiger partial charge in [-0.2, -0.15) is 0 Å². The molecule has 24 heavy (non-hydrogen) atoms. The summed E-state index contributed by atoms with van der Waals surface area (Å²) in [4.78, 5) is 11.4. The third kappa shape index (κ3) is 3.24. The maximum Gasteiger partial charge on any atom is 0.373 e. The van der Waals surface area contributed by atoms with Gasteiger partial charge in [-0.3, -0.25) is 0 Å². The standard InChI is InChI=1S/C15H13ClN4O3S/c1-22-14(21)12-7-6-9(23-12)8-24-15-19-18-13(20(15)17)10-4-2-3-5-11(10)16/h2-7H,8,17H2,1H3. The molecule has 0 saturated heterocycles. The fourth-order valence-electron chi connectivity index (χ4n) is 2.00. The van der Waals surface area contributed by atoms with E-state index < -0.39 is 5.97 Å². The van der Waals surface area contributed by atoms with Crippen molar-refractivity contribution in [2.24, 2.45) is 0 Å². The summed E-state index contributed by atoms with van der Waals surface area (Å²) in [5, 5.41) is 9.19. The fourth-order valence-corrected chi connectivity index (χ4v) is 2.97. The summed E-state index contributed by atoms with van der Waals surface area (Å²) in [7, 11) is 1.30. The van der Waals surface area contributed by atoms with E-state index in [0.717, 1.165) is 0 Å². The minimum absolute atomic E-state index is 0.152. The Morgan fingerprint density at radius 3 is 2.88 bits per heavy atom. The van der Waals surface area contributed by atoms with Crippen LogP contribution in [-0.2, 0) is 10.5 Å². The van der Waals surface area contributed by atoms with Crippen molar-refractivity contribution in [1.29, 1.82) is 0 Å². The van der Waals surface area contributed by atoms with Crippen molar-refractivity contribution >= 4 is 29.3 Å². The largest absolute Gasteiger partial charge is 0.463 e. The average Bonchev–Trinajstić information content (AvgIpc) is 3.20. The Morgan fingerprint density at radius 1 is 1.33 bits per heavy atom. The van der Waals surface area contributed by atoms with E-state index in [1.807, 2.05) is 18.2 Å². The molecule has 0 aliphatic heterocycles. The van der Waals surface area contributed by atoms with Gasteiger partial charge in [0.1, 0.15) is 5.76 Å². The summed E-state index contributed by atoms with van der Waals surface area (Å²) in [6.45, 7) is 0. The van der Waals surface area contributed by atoms with Gasteiger partial charge in [-0.25, -0.2) is 9.47 Å². The average molecular weight is 365 g/mol. The summed E-state index contributed by atoms with van der Waals surface area (Å²) >= 11 is 7.49. The molecule has 1 aromatic carbocycles. The number of rotatable bonds is 5. The molecule has 0 saturated carbocycles. The number of benzene rings is 1. The van der Waals surface area contributed by atoms with Crippen LogP contribution >= 0.6 is 23.4 Å². The van der Waals surface area contributed by atoms with E-state index in [1.165, 1.54) is 23.5 Å². The maximum atomic E-state index is 11.4. The molecule has 0 aliphatic carbocycles. The van der Waals surface area contributed by atoms with Crippen LogP contribution in [-0.4, -0.2) is 28.0 Å². The summed E-state index contributed by atoms with van der Waals surface area (Å²) < 4.78 is 11.4. The van der Waals surface area contributed by atoms with E-state index in [-0.39, 0.29) is 5.76 Å². The summed E-state index contributed by atoms with van der Waals surface area (Å²) in [6.07, 6.45) is 0. The molecule has 3 rings (SSSR count). The second-order valence-electron chi connectivity index (χ2n) is 4.70. The van der Waals surface area contributed by atoms with Crippen molar-refractivity contribution in [3.05, 3.63) is 52.9 Å². The maximum absolute atomic E-state index is 11.4. The number of hydrogen-bond acceptors (Lipinski definition) is 7. The molecule has 0 unspecified atom stereocenters. The van der Waals surface area contributed by atoms with Crippen molar-refractivity contribution in [2.75, 3.05) is 13.0 Å². The predicted molar refractivity (Wildman–Crippen MR) is 90.2 cm³/mol. The lowest BCUT2D eigenvalue weighted by atomic mass is 10.2. The molecule has 9 heteroatoms. The van der Waals surface area contributed by atoms with E-state index in [1.54, 1.807) is 18.2 Å². The first-order valence-corrected chi connectivity index (χ1v) is 8.21. The van der Waals surface area contributed by atoms with Crippen LogP contribution in [0.2, 0.25) is 5.02 Å². The van der Waals surface area contributed by atoms with Gasteiger partial charge in [0.25, 0.3) is 0 Å². The number of nitrogens with two attached hydrogens (primary N) is 1. The van der Waals surface area contributed by atoms with Gasteiger partial charge in [-0.1, -0.05) is 35.5 Å². The monoisotopic (exact) mass is 364 g/mol. The van der Waals surface area contributed by atoms with Crippen molar-refractivity contribution in [2.45, 2.75) is 10.9 Å². The molecule has 0 amide bonds. The summed E-state index contributed by atoms with van der Waals surface area (Å²) in [6, 6.07) is 10.5. The van der Waals surface area contributed by atoms with Crippen LogP contribution in [0.1, 0.15) is 16.3 Å². The van der Waals surface area contributed by atoms with E-state index in [9.17, 15) is 4.79 Å². The lowest BCUT2D eigenvalue weighted by Crippen LogP contribution is -2.11. The van der Waals surface area contributed by atoms with Crippen LogP contribution < -0.4 is 5.84 Å².